The second-order valence-electron chi connectivity index (χ2n) is 7.50. The number of sulfonamides is 1. The summed E-state index contributed by atoms with van der Waals surface area (Å²) < 4.78 is 28.5. The van der Waals surface area contributed by atoms with Gasteiger partial charge in [0.05, 0.1) is 4.90 Å². The zero-order valence-electron chi connectivity index (χ0n) is 14.5. The Kier molecular flexibility index (Phi) is 3.92. The van der Waals surface area contributed by atoms with Gasteiger partial charge in [-0.05, 0) is 42.9 Å². The Morgan fingerprint density at radius 1 is 1.20 bits per heavy atom. The van der Waals surface area contributed by atoms with Gasteiger partial charge in [-0.1, -0.05) is 13.8 Å². The summed E-state index contributed by atoms with van der Waals surface area (Å²) in [5.41, 5.74) is 2.44. The first-order valence-electron chi connectivity index (χ1n) is 8.85. The Bertz CT molecular complexity index is 976. The quantitative estimate of drug-likeness (QED) is 0.891. The molecule has 4 rings (SSSR count). The van der Waals surface area contributed by atoms with Gasteiger partial charge in [-0.2, -0.15) is 0 Å². The van der Waals surface area contributed by atoms with Crippen molar-refractivity contribution in [1.82, 2.24) is 9.71 Å². The van der Waals surface area contributed by atoms with E-state index in [-0.39, 0.29) is 16.6 Å². The van der Waals surface area contributed by atoms with Crippen LogP contribution in [0.15, 0.2) is 23.2 Å². The zero-order chi connectivity index (χ0) is 17.8. The summed E-state index contributed by atoms with van der Waals surface area (Å²) in [4.78, 5) is 17.0. The molecule has 6 heteroatoms. The molecule has 132 valence electrons. The number of hydrogen-bond acceptors (Lipinski definition) is 4. The molecule has 2 aliphatic rings. The topological polar surface area (TPSA) is 76.1 Å². The highest BCUT2D eigenvalue weighted by Crippen LogP contribution is 2.41. The molecule has 25 heavy (non-hydrogen) atoms. The molecule has 0 amide bonds. The molecule has 5 nitrogen and oxygen atoms in total. The van der Waals surface area contributed by atoms with E-state index in [1.165, 1.54) is 0 Å². The van der Waals surface area contributed by atoms with Crippen LogP contribution in [-0.4, -0.2) is 25.7 Å². The van der Waals surface area contributed by atoms with Crippen molar-refractivity contribution in [1.29, 1.82) is 0 Å². The minimum atomic E-state index is -3.68. The number of hydrogen-bond donors (Lipinski definition) is 1. The maximum Gasteiger partial charge on any atom is 0.241 e. The minimum absolute atomic E-state index is 0.0171. The van der Waals surface area contributed by atoms with Crippen molar-refractivity contribution in [2.45, 2.75) is 50.3 Å². The summed E-state index contributed by atoms with van der Waals surface area (Å²) in [6.07, 6.45) is 5.08. The van der Waals surface area contributed by atoms with Crippen molar-refractivity contribution < 1.29 is 13.2 Å². The first kappa shape index (κ1) is 16.7. The standard InChI is InChI=1S/C19H22N2O3S/c1-11(2)9-21-25(23,24)19-8-14-13(5-6-18(14)22)16-10-20-17(7-15(16)19)12-3-4-12/h7-8,10-12,21H,3-6,9H2,1-2H3. The van der Waals surface area contributed by atoms with Gasteiger partial charge in [0.15, 0.2) is 5.78 Å². The van der Waals surface area contributed by atoms with Gasteiger partial charge in [-0.15, -0.1) is 0 Å². The van der Waals surface area contributed by atoms with Gasteiger partial charge in [0.1, 0.15) is 0 Å². The molecular weight excluding hydrogens is 336 g/mol. The van der Waals surface area contributed by atoms with Gasteiger partial charge in [0.25, 0.3) is 0 Å². The number of pyridine rings is 1. The fraction of sp³-hybridized carbons (Fsp3) is 0.474. The normalized spacial score (nSPS) is 17.5. The molecule has 0 saturated heterocycles. The molecule has 0 radical (unpaired) electrons. The third kappa shape index (κ3) is 2.98. The van der Waals surface area contributed by atoms with E-state index >= 15 is 0 Å². The van der Waals surface area contributed by atoms with Crippen molar-refractivity contribution in [3.63, 3.8) is 0 Å². The van der Waals surface area contributed by atoms with Crippen LogP contribution < -0.4 is 4.72 Å². The summed E-state index contributed by atoms with van der Waals surface area (Å²) in [5.74, 6) is 0.669. The molecule has 2 aliphatic carbocycles. The van der Waals surface area contributed by atoms with Crippen molar-refractivity contribution in [3.05, 3.63) is 35.2 Å². The molecule has 0 unspecified atom stereocenters. The van der Waals surface area contributed by atoms with E-state index in [1.54, 1.807) is 12.3 Å². The predicted octanol–water partition coefficient (Wildman–Crippen LogP) is 3.18. The number of rotatable bonds is 5. The maximum absolute atomic E-state index is 12.9. The van der Waals surface area contributed by atoms with Crippen LogP contribution in [0.3, 0.4) is 0 Å². The molecule has 0 bridgehead atoms. The number of nitrogens with zero attached hydrogens (tertiary/aromatic N) is 1. The predicted molar refractivity (Wildman–Crippen MR) is 96.4 cm³/mol. The lowest BCUT2D eigenvalue weighted by Crippen LogP contribution is -2.28. The number of carbonyl (C=O) groups excluding carboxylic acids is 1. The average Bonchev–Trinajstić information content (AvgIpc) is 3.36. The van der Waals surface area contributed by atoms with Crippen LogP contribution in [0.2, 0.25) is 0 Å². The third-order valence-electron chi connectivity index (χ3n) is 4.99. The summed E-state index contributed by atoms with van der Waals surface area (Å²) >= 11 is 0. The molecule has 1 heterocycles. The number of nitrogens with one attached hydrogen (secondary N) is 1. The highest BCUT2D eigenvalue weighted by Gasteiger charge is 2.30. The van der Waals surface area contributed by atoms with E-state index in [0.29, 0.717) is 36.3 Å². The molecule has 0 spiro atoms. The molecule has 2 aromatic rings. The van der Waals surface area contributed by atoms with E-state index in [0.717, 1.165) is 29.5 Å². The van der Waals surface area contributed by atoms with Gasteiger partial charge < -0.3 is 0 Å². The number of fused-ring (bicyclic) bond motifs is 3. The molecular formula is C19H22N2O3S. The molecule has 1 aromatic carbocycles. The van der Waals surface area contributed by atoms with Gasteiger partial charge in [0.2, 0.25) is 10.0 Å². The van der Waals surface area contributed by atoms with Crippen LogP contribution in [0.25, 0.3) is 10.8 Å². The van der Waals surface area contributed by atoms with E-state index in [1.807, 2.05) is 19.9 Å². The van der Waals surface area contributed by atoms with Gasteiger partial charge in [0, 0.05) is 47.1 Å². The van der Waals surface area contributed by atoms with Crippen molar-refractivity contribution in [2.24, 2.45) is 5.92 Å². The van der Waals surface area contributed by atoms with E-state index in [9.17, 15) is 13.2 Å². The summed E-state index contributed by atoms with van der Waals surface area (Å²) in [5, 5.41) is 1.50. The smallest absolute Gasteiger partial charge is 0.241 e. The van der Waals surface area contributed by atoms with Crippen molar-refractivity contribution >= 4 is 26.6 Å². The van der Waals surface area contributed by atoms with Crippen LogP contribution in [0.4, 0.5) is 0 Å². The Hall–Kier alpha value is -1.79. The first-order chi connectivity index (χ1) is 11.9. The van der Waals surface area contributed by atoms with Gasteiger partial charge in [-0.3, -0.25) is 9.78 Å². The Morgan fingerprint density at radius 2 is 1.96 bits per heavy atom. The molecule has 1 N–H and O–H groups in total. The number of carbonyl (C=O) groups is 1. The third-order valence-corrected chi connectivity index (χ3v) is 6.45. The summed E-state index contributed by atoms with van der Waals surface area (Å²) in [7, 11) is -3.68. The Labute approximate surface area is 147 Å². The summed E-state index contributed by atoms with van der Waals surface area (Å²) in [6.45, 7) is 4.29. The van der Waals surface area contributed by atoms with Crippen molar-refractivity contribution in [3.8, 4) is 0 Å². The average molecular weight is 358 g/mol. The van der Waals surface area contributed by atoms with Crippen LogP contribution >= 0.6 is 0 Å². The van der Waals surface area contributed by atoms with Crippen molar-refractivity contribution in [2.75, 3.05) is 6.54 Å². The molecule has 0 atom stereocenters. The van der Waals surface area contributed by atoms with Gasteiger partial charge >= 0.3 is 0 Å². The van der Waals surface area contributed by atoms with Crippen LogP contribution in [-0.2, 0) is 16.4 Å². The summed E-state index contributed by atoms with van der Waals surface area (Å²) in [6, 6.07) is 3.49. The monoisotopic (exact) mass is 358 g/mol. The first-order valence-corrected chi connectivity index (χ1v) is 10.3. The highest BCUT2D eigenvalue weighted by atomic mass is 32.2. The van der Waals surface area contributed by atoms with Crippen LogP contribution in [0.5, 0.6) is 0 Å². The maximum atomic E-state index is 12.9. The molecule has 1 fully saturated rings. The lowest BCUT2D eigenvalue weighted by atomic mass is 10.0. The SMILES string of the molecule is CC(C)CNS(=O)(=O)c1cc2c(c3cnc(C4CC4)cc13)CCC2=O. The minimum Gasteiger partial charge on any atom is -0.294 e. The van der Waals surface area contributed by atoms with Crippen LogP contribution in [0, 0.1) is 5.92 Å². The highest BCUT2D eigenvalue weighted by molar-refractivity contribution is 7.89. The number of Topliss-reactive ketones (excluding diaryl/α,β-unsaturated/α-hetero) is 1. The Balaban J connectivity index is 1.93. The Morgan fingerprint density at radius 3 is 2.64 bits per heavy atom. The number of aromatic nitrogens is 1. The largest absolute Gasteiger partial charge is 0.294 e. The number of aryl methyl sites for hydroxylation is 1. The van der Waals surface area contributed by atoms with Crippen LogP contribution in [0.1, 0.15) is 60.6 Å². The molecule has 0 aliphatic heterocycles. The van der Waals surface area contributed by atoms with Gasteiger partial charge in [-0.25, -0.2) is 13.1 Å². The van der Waals surface area contributed by atoms with E-state index in [4.69, 9.17) is 0 Å². The number of ketones is 1. The molecule has 1 aromatic heterocycles. The second-order valence-corrected chi connectivity index (χ2v) is 9.23. The fourth-order valence-corrected chi connectivity index (χ4v) is 4.87. The zero-order valence-corrected chi connectivity index (χ0v) is 15.3. The van der Waals surface area contributed by atoms with E-state index in [2.05, 4.69) is 9.71 Å². The van der Waals surface area contributed by atoms with E-state index < -0.39 is 10.0 Å². The molecule has 1 saturated carbocycles. The number of benzene rings is 1. The second kappa shape index (κ2) is 5.88. The lowest BCUT2D eigenvalue weighted by Gasteiger charge is -2.14. The fourth-order valence-electron chi connectivity index (χ4n) is 3.43. The lowest BCUT2D eigenvalue weighted by molar-refractivity contribution is 0.0994.